The molecule has 2 fully saturated rings. The van der Waals surface area contributed by atoms with Crippen LogP contribution >= 0.6 is 0 Å². The van der Waals surface area contributed by atoms with E-state index >= 15 is 0 Å². The van der Waals surface area contributed by atoms with Gasteiger partial charge in [-0.15, -0.1) is 0 Å². The van der Waals surface area contributed by atoms with E-state index in [2.05, 4.69) is 5.32 Å². The molecule has 1 N–H and O–H groups in total. The van der Waals surface area contributed by atoms with Gasteiger partial charge in [0.1, 0.15) is 0 Å². The van der Waals surface area contributed by atoms with Crippen molar-refractivity contribution in [1.82, 2.24) is 10.2 Å². The summed E-state index contributed by atoms with van der Waals surface area (Å²) in [5.74, 6) is -2.12. The van der Waals surface area contributed by atoms with Crippen molar-refractivity contribution in [3.05, 3.63) is 35.4 Å². The van der Waals surface area contributed by atoms with Crippen molar-refractivity contribution in [2.24, 2.45) is 0 Å². The Kier molecular flexibility index (Phi) is 2.59. The Balaban J connectivity index is 1.79. The van der Waals surface area contributed by atoms with E-state index in [1.807, 2.05) is 0 Å². The molecule has 0 atom stereocenters. The first-order chi connectivity index (χ1) is 8.60. The van der Waals surface area contributed by atoms with Gasteiger partial charge in [-0.1, -0.05) is 0 Å². The first-order valence-corrected chi connectivity index (χ1v) is 6.09. The zero-order valence-corrected chi connectivity index (χ0v) is 9.88. The monoisotopic (exact) mass is 252 g/mol. The Hall–Kier alpha value is -1.49. The largest absolute Gasteiger partial charge is 0.336 e. The molecule has 0 aromatic heterocycles. The second-order valence-electron chi connectivity index (χ2n) is 5.06. The molecule has 1 heterocycles. The van der Waals surface area contributed by atoms with E-state index in [4.69, 9.17) is 0 Å². The second kappa shape index (κ2) is 4.02. The molecule has 1 aromatic rings. The maximum Gasteiger partial charge on any atom is 0.254 e. The Morgan fingerprint density at radius 3 is 2.72 bits per heavy atom. The maximum absolute atomic E-state index is 13.1. The van der Waals surface area contributed by atoms with Gasteiger partial charge in [0.25, 0.3) is 5.91 Å². The summed E-state index contributed by atoms with van der Waals surface area (Å²) in [6.07, 6.45) is 2.16. The Morgan fingerprint density at radius 2 is 2.06 bits per heavy atom. The van der Waals surface area contributed by atoms with Crippen LogP contribution in [0.15, 0.2) is 18.2 Å². The van der Waals surface area contributed by atoms with E-state index in [-0.39, 0.29) is 17.0 Å². The first-order valence-electron chi connectivity index (χ1n) is 6.09. The predicted molar refractivity (Wildman–Crippen MR) is 62.2 cm³/mol. The Bertz CT molecular complexity index is 500. The summed E-state index contributed by atoms with van der Waals surface area (Å²) in [6, 6.07) is 3.30. The minimum atomic E-state index is -0.975. The molecule has 0 radical (unpaired) electrons. The van der Waals surface area contributed by atoms with E-state index in [0.29, 0.717) is 13.1 Å². The lowest BCUT2D eigenvalue weighted by atomic mass is 10.1. The van der Waals surface area contributed by atoms with E-state index in [1.165, 1.54) is 6.07 Å². The number of amides is 1. The van der Waals surface area contributed by atoms with Crippen LogP contribution in [0.5, 0.6) is 0 Å². The Morgan fingerprint density at radius 1 is 1.28 bits per heavy atom. The summed E-state index contributed by atoms with van der Waals surface area (Å²) < 4.78 is 25.9. The highest BCUT2D eigenvalue weighted by Crippen LogP contribution is 2.37. The average molecular weight is 252 g/mol. The zero-order valence-electron chi connectivity index (χ0n) is 9.88. The molecule has 0 bridgehead atoms. The summed E-state index contributed by atoms with van der Waals surface area (Å²) in [7, 11) is 0. The van der Waals surface area contributed by atoms with Gasteiger partial charge in [-0.3, -0.25) is 4.79 Å². The summed E-state index contributed by atoms with van der Waals surface area (Å²) in [5, 5.41) is 3.40. The lowest BCUT2D eigenvalue weighted by molar-refractivity contribution is 0.0691. The predicted octanol–water partition coefficient (Wildman–Crippen LogP) is 1.54. The minimum absolute atomic E-state index is 0.0898. The van der Waals surface area contributed by atoms with E-state index in [9.17, 15) is 13.6 Å². The molecule has 1 aliphatic carbocycles. The Labute approximate surface area is 104 Å². The fourth-order valence-electron chi connectivity index (χ4n) is 2.43. The molecule has 1 aliphatic heterocycles. The van der Waals surface area contributed by atoms with Crippen LogP contribution in [0.1, 0.15) is 23.2 Å². The lowest BCUT2D eigenvalue weighted by Gasteiger charge is -2.34. The molecule has 1 amide bonds. The molecule has 1 spiro atoms. The molecule has 1 saturated heterocycles. The van der Waals surface area contributed by atoms with Gasteiger partial charge in [-0.2, -0.15) is 0 Å². The van der Waals surface area contributed by atoms with Gasteiger partial charge in [0.05, 0.1) is 0 Å². The number of benzene rings is 1. The molecule has 3 nitrogen and oxygen atoms in total. The van der Waals surface area contributed by atoms with Crippen molar-refractivity contribution in [2.45, 2.75) is 18.4 Å². The summed E-state index contributed by atoms with van der Waals surface area (Å²) in [5.41, 5.74) is 0.304. The number of carbonyl (C=O) groups excluding carboxylic acids is 1. The van der Waals surface area contributed by atoms with Crippen molar-refractivity contribution >= 4 is 5.91 Å². The fourth-order valence-corrected chi connectivity index (χ4v) is 2.43. The lowest BCUT2D eigenvalue weighted by Crippen LogP contribution is -2.54. The molecule has 96 valence electrons. The molecule has 18 heavy (non-hydrogen) atoms. The van der Waals surface area contributed by atoms with Crippen LogP contribution < -0.4 is 5.32 Å². The van der Waals surface area contributed by atoms with E-state index < -0.39 is 11.6 Å². The van der Waals surface area contributed by atoms with Crippen molar-refractivity contribution in [1.29, 1.82) is 0 Å². The van der Waals surface area contributed by atoms with Crippen LogP contribution in [0.3, 0.4) is 0 Å². The SMILES string of the molecule is O=C(c1ccc(F)c(F)c1)N1CCNC2(CC2)C1. The quantitative estimate of drug-likeness (QED) is 0.822. The van der Waals surface area contributed by atoms with Crippen LogP contribution in [-0.4, -0.2) is 36.0 Å². The van der Waals surface area contributed by atoms with Crippen molar-refractivity contribution in [3.8, 4) is 0 Å². The van der Waals surface area contributed by atoms with Crippen LogP contribution in [0.25, 0.3) is 0 Å². The second-order valence-corrected chi connectivity index (χ2v) is 5.06. The number of carbonyl (C=O) groups is 1. The minimum Gasteiger partial charge on any atom is -0.336 e. The van der Waals surface area contributed by atoms with Crippen molar-refractivity contribution in [2.75, 3.05) is 19.6 Å². The molecule has 2 aliphatic rings. The maximum atomic E-state index is 13.1. The van der Waals surface area contributed by atoms with E-state index in [1.54, 1.807) is 4.90 Å². The van der Waals surface area contributed by atoms with Crippen LogP contribution in [0.2, 0.25) is 0 Å². The third-order valence-corrected chi connectivity index (χ3v) is 3.68. The highest BCUT2D eigenvalue weighted by Gasteiger charge is 2.46. The van der Waals surface area contributed by atoms with Gasteiger partial charge in [0.2, 0.25) is 0 Å². The highest BCUT2D eigenvalue weighted by molar-refractivity contribution is 5.94. The fraction of sp³-hybridized carbons (Fsp3) is 0.462. The third kappa shape index (κ3) is 1.99. The van der Waals surface area contributed by atoms with E-state index in [0.717, 1.165) is 31.5 Å². The molecule has 1 saturated carbocycles. The first kappa shape index (κ1) is 11.6. The molecular weight excluding hydrogens is 238 g/mol. The number of halogens is 2. The number of piperazine rings is 1. The standard InChI is InChI=1S/C13H14F2N2O/c14-10-2-1-9(7-11(10)15)12(18)17-6-5-16-13(8-17)3-4-13/h1-2,7,16H,3-6,8H2. The van der Waals surface area contributed by atoms with Crippen LogP contribution in [0, 0.1) is 11.6 Å². The summed E-state index contributed by atoms with van der Waals surface area (Å²) >= 11 is 0. The average Bonchev–Trinajstić information content (AvgIpc) is 3.11. The number of nitrogens with one attached hydrogen (secondary N) is 1. The van der Waals surface area contributed by atoms with Gasteiger partial charge >= 0.3 is 0 Å². The molecule has 5 heteroatoms. The van der Waals surface area contributed by atoms with Gasteiger partial charge in [0.15, 0.2) is 11.6 Å². The molecule has 0 unspecified atom stereocenters. The van der Waals surface area contributed by atoms with Gasteiger partial charge < -0.3 is 10.2 Å². The van der Waals surface area contributed by atoms with Crippen molar-refractivity contribution in [3.63, 3.8) is 0 Å². The molecular formula is C13H14F2N2O. The smallest absolute Gasteiger partial charge is 0.254 e. The van der Waals surface area contributed by atoms with Gasteiger partial charge in [-0.25, -0.2) is 8.78 Å². The number of hydrogen-bond acceptors (Lipinski definition) is 2. The topological polar surface area (TPSA) is 32.3 Å². The zero-order chi connectivity index (χ0) is 12.8. The number of nitrogens with zero attached hydrogens (tertiary/aromatic N) is 1. The van der Waals surface area contributed by atoms with Gasteiger partial charge in [0, 0.05) is 30.7 Å². The van der Waals surface area contributed by atoms with Crippen LogP contribution in [-0.2, 0) is 0 Å². The van der Waals surface area contributed by atoms with Gasteiger partial charge in [-0.05, 0) is 31.0 Å². The highest BCUT2D eigenvalue weighted by atomic mass is 19.2. The normalized spacial score (nSPS) is 21.1. The third-order valence-electron chi connectivity index (χ3n) is 3.68. The number of rotatable bonds is 1. The molecule has 1 aromatic carbocycles. The number of hydrogen-bond donors (Lipinski definition) is 1. The van der Waals surface area contributed by atoms with Crippen molar-refractivity contribution < 1.29 is 13.6 Å². The summed E-state index contributed by atoms with van der Waals surface area (Å²) in [4.78, 5) is 13.9. The summed E-state index contributed by atoms with van der Waals surface area (Å²) in [6.45, 7) is 2.03. The van der Waals surface area contributed by atoms with Crippen LogP contribution in [0.4, 0.5) is 8.78 Å². The molecule has 3 rings (SSSR count).